The van der Waals surface area contributed by atoms with Crippen molar-refractivity contribution in [2.24, 2.45) is 5.73 Å². The Morgan fingerprint density at radius 1 is 1.00 bits per heavy atom. The molecule has 0 amide bonds. The van der Waals surface area contributed by atoms with E-state index in [2.05, 4.69) is 15.3 Å². The average molecular weight is 333 g/mol. The van der Waals surface area contributed by atoms with E-state index in [0.717, 1.165) is 48.1 Å². The third-order valence-electron chi connectivity index (χ3n) is 4.03. The maximum atomic E-state index is 5.60. The summed E-state index contributed by atoms with van der Waals surface area (Å²) in [7, 11) is 0. The number of rotatable bonds is 3. The summed E-state index contributed by atoms with van der Waals surface area (Å²) in [6.45, 7) is 0.517. The van der Waals surface area contributed by atoms with Gasteiger partial charge in [0, 0.05) is 24.1 Å². The van der Waals surface area contributed by atoms with E-state index in [1.165, 1.54) is 0 Å². The molecule has 1 aliphatic carbocycles. The molecule has 0 fully saturated rings. The van der Waals surface area contributed by atoms with Gasteiger partial charge < -0.3 is 14.8 Å². The average Bonchev–Trinajstić information content (AvgIpc) is 3.21. The third kappa shape index (κ3) is 2.87. The molecular weight excluding hydrogens is 316 g/mol. The van der Waals surface area contributed by atoms with Crippen LogP contribution in [0.25, 0.3) is 23.0 Å². The van der Waals surface area contributed by atoms with Crippen LogP contribution in [0, 0.1) is 0 Å². The molecule has 1 aromatic carbocycles. The topological polar surface area (TPSA) is 91.0 Å². The van der Waals surface area contributed by atoms with E-state index in [9.17, 15) is 0 Å². The molecule has 120 valence electrons. The zero-order chi connectivity index (χ0) is 14.9. The molecule has 0 unspecified atom stereocenters. The van der Waals surface area contributed by atoms with Crippen molar-refractivity contribution in [1.82, 2.24) is 15.3 Å². The summed E-state index contributed by atoms with van der Waals surface area (Å²) in [6.07, 6.45) is 4.17. The number of aryl methyl sites for hydroxylation is 1. The van der Waals surface area contributed by atoms with Crippen molar-refractivity contribution in [3.8, 4) is 23.0 Å². The summed E-state index contributed by atoms with van der Waals surface area (Å²) >= 11 is 0. The smallest absolute Gasteiger partial charge is 0.280 e. The second kappa shape index (κ2) is 6.52. The van der Waals surface area contributed by atoms with Crippen molar-refractivity contribution < 1.29 is 9.05 Å². The van der Waals surface area contributed by atoms with Crippen molar-refractivity contribution in [2.75, 3.05) is 0 Å². The van der Waals surface area contributed by atoms with Gasteiger partial charge in [-0.3, -0.25) is 0 Å². The zero-order valence-electron chi connectivity index (χ0n) is 12.5. The second-order valence-electron chi connectivity index (χ2n) is 5.46. The molecule has 0 saturated heterocycles. The van der Waals surface area contributed by atoms with Crippen LogP contribution < -0.4 is 5.73 Å². The van der Waals surface area contributed by atoms with Gasteiger partial charge in [-0.1, -0.05) is 34.6 Å². The Balaban J connectivity index is 0.00000156. The first-order chi connectivity index (χ1) is 10.8. The van der Waals surface area contributed by atoms with Gasteiger partial charge in [-0.2, -0.15) is 4.98 Å². The van der Waals surface area contributed by atoms with E-state index < -0.39 is 0 Å². The van der Waals surface area contributed by atoms with Crippen LogP contribution in [-0.2, 0) is 19.4 Å². The number of nitrogens with zero attached hydrogens (tertiary/aromatic N) is 3. The molecule has 2 aromatic heterocycles. The summed E-state index contributed by atoms with van der Waals surface area (Å²) < 4.78 is 10.8. The zero-order valence-corrected chi connectivity index (χ0v) is 13.3. The molecule has 0 bridgehead atoms. The van der Waals surface area contributed by atoms with Gasteiger partial charge in [0.05, 0.1) is 0 Å². The molecule has 0 spiro atoms. The highest BCUT2D eigenvalue weighted by atomic mass is 35.5. The van der Waals surface area contributed by atoms with Crippen molar-refractivity contribution >= 4 is 12.4 Å². The van der Waals surface area contributed by atoms with E-state index in [4.69, 9.17) is 14.8 Å². The number of hydrogen-bond donors (Lipinski definition) is 1. The van der Waals surface area contributed by atoms with Crippen molar-refractivity contribution in [1.29, 1.82) is 0 Å². The molecule has 2 heterocycles. The maximum absolute atomic E-state index is 5.60. The predicted molar refractivity (Wildman–Crippen MR) is 87.0 cm³/mol. The van der Waals surface area contributed by atoms with Gasteiger partial charge in [-0.05, 0) is 24.8 Å². The van der Waals surface area contributed by atoms with Crippen LogP contribution in [-0.4, -0.2) is 15.3 Å². The Bertz CT molecular complexity index is 795. The van der Waals surface area contributed by atoms with Gasteiger partial charge in [0.25, 0.3) is 5.89 Å². The van der Waals surface area contributed by atoms with E-state index in [-0.39, 0.29) is 12.4 Å². The molecule has 2 N–H and O–H groups in total. The number of benzene rings is 1. The number of halogens is 1. The molecule has 7 heteroatoms. The predicted octanol–water partition coefficient (Wildman–Crippen LogP) is 3.15. The van der Waals surface area contributed by atoms with E-state index in [1.54, 1.807) is 0 Å². The number of hydrogen-bond acceptors (Lipinski definition) is 6. The lowest BCUT2D eigenvalue weighted by atomic mass is 9.96. The van der Waals surface area contributed by atoms with E-state index >= 15 is 0 Å². The van der Waals surface area contributed by atoms with Gasteiger partial charge in [0.15, 0.2) is 5.69 Å². The Labute approximate surface area is 139 Å². The second-order valence-corrected chi connectivity index (χ2v) is 5.46. The first kappa shape index (κ1) is 15.7. The molecule has 3 aromatic rings. The van der Waals surface area contributed by atoms with Crippen molar-refractivity contribution in [3.63, 3.8) is 0 Å². The molecule has 4 rings (SSSR count). The Morgan fingerprint density at radius 3 is 2.57 bits per heavy atom. The fourth-order valence-electron chi connectivity index (χ4n) is 2.78. The minimum absolute atomic E-state index is 0. The third-order valence-corrected chi connectivity index (χ3v) is 4.03. The standard InChI is InChI=1S/C16H16N4O2.ClH/c17-9-10-5-7-11(8-6-10)15-18-16(22-20-15)14-12-3-1-2-4-13(12)21-19-14;/h5-8H,1-4,9,17H2;1H. The number of aromatic nitrogens is 3. The van der Waals surface area contributed by atoms with E-state index in [1.807, 2.05) is 24.3 Å². The van der Waals surface area contributed by atoms with Crippen LogP contribution in [0.3, 0.4) is 0 Å². The Morgan fingerprint density at radius 2 is 1.78 bits per heavy atom. The van der Waals surface area contributed by atoms with Crippen LogP contribution in [0.1, 0.15) is 29.7 Å². The minimum Gasteiger partial charge on any atom is -0.360 e. The van der Waals surface area contributed by atoms with Gasteiger partial charge in [-0.25, -0.2) is 0 Å². The molecule has 0 saturated carbocycles. The summed E-state index contributed by atoms with van der Waals surface area (Å²) in [5, 5.41) is 8.16. The maximum Gasteiger partial charge on any atom is 0.280 e. The quantitative estimate of drug-likeness (QED) is 0.792. The lowest BCUT2D eigenvalue weighted by molar-refractivity contribution is 0.369. The SMILES string of the molecule is Cl.NCc1ccc(-c2noc(-c3noc4c3CCCC4)n2)cc1. The monoisotopic (exact) mass is 332 g/mol. The molecule has 23 heavy (non-hydrogen) atoms. The van der Waals surface area contributed by atoms with Gasteiger partial charge in [-0.15, -0.1) is 12.4 Å². The van der Waals surface area contributed by atoms with Crippen LogP contribution in [0.2, 0.25) is 0 Å². The molecule has 6 nitrogen and oxygen atoms in total. The van der Waals surface area contributed by atoms with Gasteiger partial charge in [0.2, 0.25) is 5.82 Å². The molecular formula is C16H17ClN4O2. The summed E-state index contributed by atoms with van der Waals surface area (Å²) in [6, 6.07) is 7.80. The first-order valence-electron chi connectivity index (χ1n) is 7.46. The van der Waals surface area contributed by atoms with Crippen LogP contribution in [0.15, 0.2) is 33.3 Å². The Kier molecular flexibility index (Phi) is 4.45. The first-order valence-corrected chi connectivity index (χ1v) is 7.46. The van der Waals surface area contributed by atoms with Crippen LogP contribution >= 0.6 is 12.4 Å². The van der Waals surface area contributed by atoms with Crippen LogP contribution in [0.4, 0.5) is 0 Å². The fourth-order valence-corrected chi connectivity index (χ4v) is 2.78. The van der Waals surface area contributed by atoms with Crippen LogP contribution in [0.5, 0.6) is 0 Å². The number of fused-ring (bicyclic) bond motifs is 1. The molecule has 0 aliphatic heterocycles. The normalized spacial score (nSPS) is 13.4. The summed E-state index contributed by atoms with van der Waals surface area (Å²) in [5.41, 5.74) is 9.36. The highest BCUT2D eigenvalue weighted by Gasteiger charge is 2.24. The van der Waals surface area contributed by atoms with Gasteiger partial charge in [0.1, 0.15) is 5.76 Å². The highest BCUT2D eigenvalue weighted by molar-refractivity contribution is 5.85. The fraction of sp³-hybridized carbons (Fsp3) is 0.312. The van der Waals surface area contributed by atoms with Crippen molar-refractivity contribution in [2.45, 2.75) is 32.2 Å². The number of nitrogens with two attached hydrogens (primary N) is 1. The summed E-state index contributed by atoms with van der Waals surface area (Å²) in [4.78, 5) is 4.46. The molecule has 1 aliphatic rings. The van der Waals surface area contributed by atoms with E-state index in [0.29, 0.717) is 24.0 Å². The Hall–Kier alpha value is -2.18. The summed E-state index contributed by atoms with van der Waals surface area (Å²) in [5.74, 6) is 1.92. The van der Waals surface area contributed by atoms with Gasteiger partial charge >= 0.3 is 0 Å². The molecule has 0 atom stereocenters. The highest BCUT2D eigenvalue weighted by Crippen LogP contribution is 2.31. The van der Waals surface area contributed by atoms with Crippen molar-refractivity contribution in [3.05, 3.63) is 41.2 Å². The largest absolute Gasteiger partial charge is 0.360 e. The molecule has 0 radical (unpaired) electrons. The lowest BCUT2D eigenvalue weighted by Gasteiger charge is -2.07. The minimum atomic E-state index is 0. The lowest BCUT2D eigenvalue weighted by Crippen LogP contribution is -2.00.